The van der Waals surface area contributed by atoms with Gasteiger partial charge in [-0.3, -0.25) is 9.78 Å². The van der Waals surface area contributed by atoms with Gasteiger partial charge >= 0.3 is 6.18 Å². The molecule has 27 heavy (non-hydrogen) atoms. The highest BCUT2D eigenvalue weighted by Gasteiger charge is 2.29. The monoisotopic (exact) mass is 371 g/mol. The Hall–Kier alpha value is -3.35. The number of rotatable bonds is 3. The fraction of sp³-hybridized carbons (Fsp3) is 0.100. The molecule has 138 valence electrons. The lowest BCUT2D eigenvalue weighted by Crippen LogP contribution is -2.08. The number of aromatic nitrogens is 1. The zero-order valence-corrected chi connectivity index (χ0v) is 14.3. The third kappa shape index (κ3) is 4.44. The number of carbonyl (C=O) groups is 1. The molecule has 0 atom stereocenters. The fourth-order valence-corrected chi connectivity index (χ4v) is 2.61. The van der Waals surface area contributed by atoms with Crippen LogP contribution in [-0.4, -0.2) is 10.9 Å². The minimum absolute atomic E-state index is 0.409. The van der Waals surface area contributed by atoms with Crippen LogP contribution in [0.3, 0.4) is 0 Å². The van der Waals surface area contributed by atoms with E-state index in [2.05, 4.69) is 10.3 Å². The van der Waals surface area contributed by atoms with E-state index in [-0.39, 0.29) is 0 Å². The molecule has 0 unspecified atom stereocenters. The number of anilines is 2. The molecule has 4 nitrogen and oxygen atoms in total. The molecule has 0 spiro atoms. The Balaban J connectivity index is 1.72. The molecule has 0 saturated carbocycles. The largest absolute Gasteiger partial charge is 0.416 e. The molecule has 3 aromatic rings. The number of fused-ring (bicyclic) bond motifs is 1. The lowest BCUT2D eigenvalue weighted by Gasteiger charge is -2.07. The number of hydrogen-bond acceptors (Lipinski definition) is 3. The molecule has 0 bridgehead atoms. The molecule has 0 aliphatic carbocycles. The fourth-order valence-electron chi connectivity index (χ4n) is 2.61. The maximum Gasteiger partial charge on any atom is 0.416 e. The van der Waals surface area contributed by atoms with Gasteiger partial charge in [0.2, 0.25) is 5.91 Å². The summed E-state index contributed by atoms with van der Waals surface area (Å²) >= 11 is 0. The lowest BCUT2D eigenvalue weighted by atomic mass is 10.1. The van der Waals surface area contributed by atoms with Gasteiger partial charge in [-0.05, 0) is 55.0 Å². The Labute approximate surface area is 153 Å². The van der Waals surface area contributed by atoms with Crippen LogP contribution in [0.1, 0.15) is 16.8 Å². The number of carbonyl (C=O) groups excluding carboxylic acids is 1. The van der Waals surface area contributed by atoms with E-state index >= 15 is 0 Å². The van der Waals surface area contributed by atoms with Crippen LogP contribution < -0.4 is 11.1 Å². The van der Waals surface area contributed by atoms with Gasteiger partial charge in [0.05, 0.1) is 11.1 Å². The molecule has 0 aliphatic rings. The van der Waals surface area contributed by atoms with Crippen molar-refractivity contribution in [2.75, 3.05) is 11.1 Å². The topological polar surface area (TPSA) is 68.0 Å². The maximum absolute atomic E-state index is 12.5. The second-order valence-corrected chi connectivity index (χ2v) is 6.03. The third-order valence-electron chi connectivity index (χ3n) is 3.90. The average Bonchev–Trinajstić information content (AvgIpc) is 2.60. The van der Waals surface area contributed by atoms with Gasteiger partial charge < -0.3 is 11.1 Å². The number of benzene rings is 2. The molecule has 1 amide bonds. The zero-order chi connectivity index (χ0) is 19.6. The predicted molar refractivity (Wildman–Crippen MR) is 100 cm³/mol. The van der Waals surface area contributed by atoms with Crippen molar-refractivity contribution in [3.05, 3.63) is 71.4 Å². The summed E-state index contributed by atoms with van der Waals surface area (Å²) in [4.78, 5) is 16.4. The summed E-state index contributed by atoms with van der Waals surface area (Å²) in [5, 5.41) is 3.42. The second kappa shape index (κ2) is 7.11. The number of halogens is 3. The van der Waals surface area contributed by atoms with Crippen LogP contribution in [0.2, 0.25) is 0 Å². The van der Waals surface area contributed by atoms with Crippen molar-refractivity contribution >= 4 is 34.3 Å². The van der Waals surface area contributed by atoms with Gasteiger partial charge in [-0.25, -0.2) is 0 Å². The number of nitrogens with two attached hydrogens (primary N) is 1. The number of hydrogen-bond donors (Lipinski definition) is 2. The molecule has 1 aromatic heterocycles. The second-order valence-electron chi connectivity index (χ2n) is 6.03. The van der Waals surface area contributed by atoms with Crippen LogP contribution in [0.15, 0.2) is 54.6 Å². The van der Waals surface area contributed by atoms with Crippen LogP contribution in [0.5, 0.6) is 0 Å². The molecule has 3 N–H and O–H groups in total. The van der Waals surface area contributed by atoms with E-state index < -0.39 is 17.6 Å². The van der Waals surface area contributed by atoms with Gasteiger partial charge in [0.15, 0.2) is 0 Å². The first-order valence-electron chi connectivity index (χ1n) is 8.05. The lowest BCUT2D eigenvalue weighted by molar-refractivity contribution is -0.137. The molecule has 0 saturated heterocycles. The van der Waals surface area contributed by atoms with Crippen LogP contribution in [0.25, 0.3) is 17.0 Å². The van der Waals surface area contributed by atoms with Crippen molar-refractivity contribution in [3.63, 3.8) is 0 Å². The average molecular weight is 371 g/mol. The summed E-state index contributed by atoms with van der Waals surface area (Å²) in [6.45, 7) is 1.84. The van der Waals surface area contributed by atoms with Crippen LogP contribution in [0.4, 0.5) is 24.5 Å². The normalized spacial score (nSPS) is 11.9. The highest BCUT2D eigenvalue weighted by molar-refractivity contribution is 6.03. The van der Waals surface area contributed by atoms with E-state index in [4.69, 9.17) is 5.73 Å². The number of nitrogen functional groups attached to an aromatic ring is 1. The minimum atomic E-state index is -4.38. The van der Waals surface area contributed by atoms with E-state index in [0.29, 0.717) is 16.9 Å². The van der Waals surface area contributed by atoms with Gasteiger partial charge in [0.25, 0.3) is 0 Å². The first-order valence-corrected chi connectivity index (χ1v) is 8.05. The molecule has 0 fully saturated rings. The highest BCUT2D eigenvalue weighted by atomic mass is 19.4. The molecular formula is C20H16F3N3O. The van der Waals surface area contributed by atoms with Crippen molar-refractivity contribution in [2.45, 2.75) is 13.1 Å². The van der Waals surface area contributed by atoms with Crippen LogP contribution in [0, 0.1) is 6.92 Å². The van der Waals surface area contributed by atoms with Crippen molar-refractivity contribution in [3.8, 4) is 0 Å². The van der Waals surface area contributed by atoms with Gasteiger partial charge in [-0.1, -0.05) is 12.1 Å². The molecule has 1 heterocycles. The number of alkyl halides is 3. The molecule has 3 rings (SSSR count). The Morgan fingerprint density at radius 2 is 1.81 bits per heavy atom. The number of nitrogens with one attached hydrogen (secondary N) is 1. The number of aryl methyl sites for hydroxylation is 1. The summed E-state index contributed by atoms with van der Waals surface area (Å²) in [6.07, 6.45) is -1.69. The number of pyridine rings is 1. The Morgan fingerprint density at radius 3 is 2.48 bits per heavy atom. The summed E-state index contributed by atoms with van der Waals surface area (Å²) in [6, 6.07) is 11.5. The molecule has 0 radical (unpaired) electrons. The van der Waals surface area contributed by atoms with Crippen molar-refractivity contribution in [1.82, 2.24) is 4.98 Å². The van der Waals surface area contributed by atoms with Gasteiger partial charge in [0, 0.05) is 28.5 Å². The van der Waals surface area contributed by atoms with Crippen molar-refractivity contribution < 1.29 is 18.0 Å². The Kier molecular flexibility index (Phi) is 4.85. The quantitative estimate of drug-likeness (QED) is 0.650. The molecule has 7 heteroatoms. The summed E-state index contributed by atoms with van der Waals surface area (Å²) in [7, 11) is 0. The standard InChI is InChI=1S/C20H16F3N3O/c1-12-10-17(24)16-11-15(7-8-18(16)25-12)26-19(27)9-4-13-2-5-14(6-3-13)20(21,22)23/h2-11H,1H3,(H2,24,25)(H,26,27). The first-order chi connectivity index (χ1) is 12.7. The number of nitrogens with zero attached hydrogens (tertiary/aromatic N) is 1. The molecule has 2 aromatic carbocycles. The highest BCUT2D eigenvalue weighted by Crippen LogP contribution is 2.29. The SMILES string of the molecule is Cc1cc(N)c2cc(NC(=O)C=Cc3ccc(C(F)(F)F)cc3)ccc2n1. The number of amides is 1. The molecule has 0 aliphatic heterocycles. The summed E-state index contributed by atoms with van der Waals surface area (Å²) in [5.41, 5.74) is 8.38. The Bertz CT molecular complexity index is 1030. The summed E-state index contributed by atoms with van der Waals surface area (Å²) < 4.78 is 37.6. The van der Waals surface area contributed by atoms with Crippen molar-refractivity contribution in [2.24, 2.45) is 0 Å². The van der Waals surface area contributed by atoms with Gasteiger partial charge in [0.1, 0.15) is 0 Å². The maximum atomic E-state index is 12.5. The summed E-state index contributed by atoms with van der Waals surface area (Å²) in [5.74, 6) is -0.409. The van der Waals surface area contributed by atoms with Crippen LogP contribution in [-0.2, 0) is 11.0 Å². The van der Waals surface area contributed by atoms with Crippen LogP contribution >= 0.6 is 0 Å². The first kappa shape index (κ1) is 18.4. The van der Waals surface area contributed by atoms with E-state index in [0.717, 1.165) is 28.7 Å². The Morgan fingerprint density at radius 1 is 1.11 bits per heavy atom. The smallest absolute Gasteiger partial charge is 0.398 e. The van der Waals surface area contributed by atoms with E-state index in [1.807, 2.05) is 6.92 Å². The van der Waals surface area contributed by atoms with E-state index in [9.17, 15) is 18.0 Å². The third-order valence-corrected chi connectivity index (χ3v) is 3.90. The van der Waals surface area contributed by atoms with E-state index in [1.165, 1.54) is 24.3 Å². The van der Waals surface area contributed by atoms with E-state index in [1.54, 1.807) is 24.3 Å². The zero-order valence-electron chi connectivity index (χ0n) is 14.3. The van der Waals surface area contributed by atoms with Gasteiger partial charge in [-0.15, -0.1) is 0 Å². The van der Waals surface area contributed by atoms with Gasteiger partial charge in [-0.2, -0.15) is 13.2 Å². The molecular weight excluding hydrogens is 355 g/mol. The minimum Gasteiger partial charge on any atom is -0.398 e. The predicted octanol–water partition coefficient (Wildman–Crippen LogP) is 4.80. The van der Waals surface area contributed by atoms with Crippen molar-refractivity contribution in [1.29, 1.82) is 0 Å².